The lowest BCUT2D eigenvalue weighted by Crippen LogP contribution is -2.26. The topological polar surface area (TPSA) is 110 Å². The minimum absolute atomic E-state index is 0.00478. The number of rotatable bonds is 7. The van der Waals surface area contributed by atoms with Crippen molar-refractivity contribution in [2.75, 3.05) is 18.9 Å². The highest BCUT2D eigenvalue weighted by Crippen LogP contribution is 2.22. The molecule has 10 heteroatoms. The summed E-state index contributed by atoms with van der Waals surface area (Å²) in [5.74, 6) is 0.746. The molecule has 0 radical (unpaired) electrons. The Labute approximate surface area is 207 Å². The van der Waals surface area contributed by atoms with Gasteiger partial charge in [0.1, 0.15) is 12.1 Å². The van der Waals surface area contributed by atoms with Gasteiger partial charge in [0.05, 0.1) is 30.7 Å². The first-order valence-corrected chi connectivity index (χ1v) is 12.0. The summed E-state index contributed by atoms with van der Waals surface area (Å²) in [6, 6.07) is 13.4. The van der Waals surface area contributed by atoms with E-state index in [1.165, 1.54) is 17.6 Å². The fraction of sp³-hybridized carbons (Fsp3) is 0.269. The number of H-pyrrole nitrogens is 1. The van der Waals surface area contributed by atoms with E-state index in [1.807, 2.05) is 29.1 Å². The van der Waals surface area contributed by atoms with Gasteiger partial charge in [-0.25, -0.2) is 9.97 Å². The van der Waals surface area contributed by atoms with Crippen LogP contribution in [0.2, 0.25) is 0 Å². The summed E-state index contributed by atoms with van der Waals surface area (Å²) >= 11 is 0. The third-order valence-corrected chi connectivity index (χ3v) is 6.62. The number of nitrogens with one attached hydrogen (secondary N) is 2. The van der Waals surface area contributed by atoms with Gasteiger partial charge in [-0.2, -0.15) is 10.2 Å². The van der Waals surface area contributed by atoms with Crippen LogP contribution in [-0.4, -0.2) is 53.0 Å². The largest absolute Gasteiger partial charge is 0.364 e. The number of nitrogens with zero attached hydrogens (tertiary/aromatic N) is 7. The molecule has 0 atom stereocenters. The number of hydrogen-bond donors (Lipinski definition) is 2. The Morgan fingerprint density at radius 1 is 1.06 bits per heavy atom. The Kier molecular flexibility index (Phi) is 5.78. The van der Waals surface area contributed by atoms with E-state index in [2.05, 4.69) is 54.7 Å². The third kappa shape index (κ3) is 4.50. The smallest absolute Gasteiger partial charge is 0.250 e. The van der Waals surface area contributed by atoms with Gasteiger partial charge in [0.25, 0.3) is 5.56 Å². The van der Waals surface area contributed by atoms with Crippen LogP contribution < -0.4 is 10.9 Å². The predicted octanol–water partition coefficient (Wildman–Crippen LogP) is 2.41. The quantitative estimate of drug-likeness (QED) is 0.367. The summed E-state index contributed by atoms with van der Waals surface area (Å²) in [5, 5.41) is 16.7. The zero-order valence-corrected chi connectivity index (χ0v) is 20.1. The molecule has 0 saturated heterocycles. The number of hydrogen-bond acceptors (Lipinski definition) is 7. The van der Waals surface area contributed by atoms with Crippen LogP contribution in [0.3, 0.4) is 0 Å². The molecule has 2 N–H and O–H groups in total. The minimum Gasteiger partial charge on any atom is -0.364 e. The fourth-order valence-electron chi connectivity index (χ4n) is 4.63. The molecule has 0 spiro atoms. The van der Waals surface area contributed by atoms with Crippen LogP contribution >= 0.6 is 0 Å². The van der Waals surface area contributed by atoms with Gasteiger partial charge in [0, 0.05) is 49.2 Å². The molecule has 10 nitrogen and oxygen atoms in total. The Morgan fingerprint density at radius 3 is 2.72 bits per heavy atom. The number of anilines is 1. The molecular weight excluding hydrogens is 454 g/mol. The molecule has 0 fully saturated rings. The second-order valence-corrected chi connectivity index (χ2v) is 9.24. The second kappa shape index (κ2) is 9.38. The van der Waals surface area contributed by atoms with Crippen LogP contribution in [0.1, 0.15) is 28.1 Å². The van der Waals surface area contributed by atoms with Crippen molar-refractivity contribution >= 4 is 16.9 Å². The molecule has 1 aliphatic rings. The lowest BCUT2D eigenvalue weighted by molar-refractivity contribution is 0.311. The first-order valence-electron chi connectivity index (χ1n) is 12.0. The molecule has 0 amide bonds. The molecule has 5 heterocycles. The number of pyridine rings is 1. The van der Waals surface area contributed by atoms with E-state index in [0.29, 0.717) is 25.3 Å². The average Bonchev–Trinajstić information content (AvgIpc) is 3.49. The van der Waals surface area contributed by atoms with Crippen molar-refractivity contribution in [2.24, 2.45) is 0 Å². The highest BCUT2D eigenvalue weighted by Gasteiger charge is 2.20. The lowest BCUT2D eigenvalue weighted by Gasteiger charge is -2.22. The standard InChI is InChI=1S/C26H27N9O/c1-33-11-9-22-20(15-33)23(31-30-22)12-27-25-21-16-35(32-26(21)29-17-28-25)14-19-7-5-18(6-8-19)13-34-10-3-2-4-24(34)36/h2-8,10,16-17H,9,11-15H2,1H3,(H,30,31)(H,27,28,29,32). The van der Waals surface area contributed by atoms with Gasteiger partial charge >= 0.3 is 0 Å². The van der Waals surface area contributed by atoms with E-state index in [-0.39, 0.29) is 5.56 Å². The van der Waals surface area contributed by atoms with Crippen molar-refractivity contribution in [1.29, 1.82) is 0 Å². The fourth-order valence-corrected chi connectivity index (χ4v) is 4.63. The summed E-state index contributed by atoms with van der Waals surface area (Å²) in [6.45, 7) is 3.69. The highest BCUT2D eigenvalue weighted by molar-refractivity contribution is 5.85. The van der Waals surface area contributed by atoms with Crippen molar-refractivity contribution in [1.82, 2.24) is 39.4 Å². The molecule has 1 aliphatic heterocycles. The van der Waals surface area contributed by atoms with Crippen molar-refractivity contribution in [3.8, 4) is 0 Å². The van der Waals surface area contributed by atoms with Crippen molar-refractivity contribution in [3.05, 3.63) is 99.6 Å². The van der Waals surface area contributed by atoms with Crippen LogP contribution in [0, 0.1) is 0 Å². The molecule has 36 heavy (non-hydrogen) atoms. The molecule has 6 rings (SSSR count). The number of benzene rings is 1. The molecule has 0 aliphatic carbocycles. The van der Waals surface area contributed by atoms with E-state index < -0.39 is 0 Å². The van der Waals surface area contributed by atoms with E-state index in [0.717, 1.165) is 47.5 Å². The number of likely N-dealkylation sites (N-methyl/N-ethyl adjacent to an activating group) is 1. The van der Waals surface area contributed by atoms with Gasteiger partial charge in [-0.15, -0.1) is 0 Å². The molecule has 0 saturated carbocycles. The lowest BCUT2D eigenvalue weighted by atomic mass is 10.1. The predicted molar refractivity (Wildman–Crippen MR) is 137 cm³/mol. The van der Waals surface area contributed by atoms with Crippen LogP contribution in [0.15, 0.2) is 66.0 Å². The highest BCUT2D eigenvalue weighted by atomic mass is 16.1. The zero-order valence-electron chi connectivity index (χ0n) is 20.1. The van der Waals surface area contributed by atoms with Gasteiger partial charge in [-0.3, -0.25) is 14.6 Å². The van der Waals surface area contributed by atoms with E-state index >= 15 is 0 Å². The molecule has 0 unspecified atom stereocenters. The summed E-state index contributed by atoms with van der Waals surface area (Å²) in [7, 11) is 2.13. The van der Waals surface area contributed by atoms with Gasteiger partial charge in [0.15, 0.2) is 5.65 Å². The minimum atomic E-state index is -0.00478. The second-order valence-electron chi connectivity index (χ2n) is 9.24. The van der Waals surface area contributed by atoms with Crippen molar-refractivity contribution < 1.29 is 0 Å². The van der Waals surface area contributed by atoms with Crippen LogP contribution in [0.25, 0.3) is 11.0 Å². The average molecular weight is 482 g/mol. The van der Waals surface area contributed by atoms with E-state index in [1.54, 1.807) is 22.9 Å². The molecule has 182 valence electrons. The summed E-state index contributed by atoms with van der Waals surface area (Å²) in [5.41, 5.74) is 6.36. The Bertz CT molecular complexity index is 1560. The van der Waals surface area contributed by atoms with Crippen LogP contribution in [0.5, 0.6) is 0 Å². The monoisotopic (exact) mass is 481 g/mol. The van der Waals surface area contributed by atoms with Crippen LogP contribution in [-0.2, 0) is 32.6 Å². The Hall–Kier alpha value is -4.31. The number of fused-ring (bicyclic) bond motifs is 2. The maximum absolute atomic E-state index is 12.0. The van der Waals surface area contributed by atoms with E-state index in [9.17, 15) is 4.79 Å². The van der Waals surface area contributed by atoms with Crippen molar-refractivity contribution in [2.45, 2.75) is 32.6 Å². The zero-order chi connectivity index (χ0) is 24.5. The SMILES string of the molecule is CN1CCc2[nH]nc(CNc3ncnc4nn(Cc5ccc(Cn6ccccc6=O)cc5)cc34)c2C1. The molecular formula is C26H27N9O. The van der Waals surface area contributed by atoms with E-state index in [4.69, 9.17) is 0 Å². The number of aromatic nitrogens is 7. The van der Waals surface area contributed by atoms with Gasteiger partial charge in [0.2, 0.25) is 0 Å². The first-order chi connectivity index (χ1) is 17.6. The van der Waals surface area contributed by atoms with Gasteiger partial charge < -0.3 is 14.8 Å². The maximum Gasteiger partial charge on any atom is 0.250 e. The molecule has 1 aromatic carbocycles. The molecule has 5 aromatic rings. The first kappa shape index (κ1) is 22.2. The van der Waals surface area contributed by atoms with Crippen molar-refractivity contribution in [3.63, 3.8) is 0 Å². The number of aromatic amines is 1. The summed E-state index contributed by atoms with van der Waals surface area (Å²) < 4.78 is 3.58. The van der Waals surface area contributed by atoms with Gasteiger partial charge in [-0.05, 0) is 24.2 Å². The normalized spacial score (nSPS) is 13.7. The third-order valence-electron chi connectivity index (χ3n) is 6.62. The molecule has 4 aromatic heterocycles. The Balaban J connectivity index is 1.16. The summed E-state index contributed by atoms with van der Waals surface area (Å²) in [6.07, 6.45) is 6.31. The maximum atomic E-state index is 12.0. The Morgan fingerprint density at radius 2 is 1.89 bits per heavy atom. The molecule has 0 bridgehead atoms. The van der Waals surface area contributed by atoms with Crippen LogP contribution in [0.4, 0.5) is 5.82 Å². The van der Waals surface area contributed by atoms with Gasteiger partial charge in [-0.1, -0.05) is 30.3 Å². The summed E-state index contributed by atoms with van der Waals surface area (Å²) in [4.78, 5) is 23.1.